The minimum Gasteiger partial charge on any atom is -0.497 e. The number of piperidine rings is 1. The highest BCUT2D eigenvalue weighted by Crippen LogP contribution is 2.24. The number of ether oxygens (including phenoxy) is 2. The number of sulfonamides is 1. The van der Waals surface area contributed by atoms with Gasteiger partial charge in [-0.15, -0.1) is 0 Å². The summed E-state index contributed by atoms with van der Waals surface area (Å²) in [5.41, 5.74) is 0. The molecule has 7 nitrogen and oxygen atoms in total. The highest BCUT2D eigenvalue weighted by atomic mass is 32.2. The predicted molar refractivity (Wildman–Crippen MR) is 109 cm³/mol. The summed E-state index contributed by atoms with van der Waals surface area (Å²) in [4.78, 5) is 12.7. The molecule has 1 amide bonds. The molecule has 1 fully saturated rings. The molecule has 0 unspecified atom stereocenters. The average Bonchev–Trinajstić information content (AvgIpc) is 2.77. The lowest BCUT2D eigenvalue weighted by molar-refractivity contribution is -0.126. The van der Waals surface area contributed by atoms with Crippen molar-refractivity contribution in [1.82, 2.24) is 9.62 Å². The summed E-state index contributed by atoms with van der Waals surface area (Å²) in [6.07, 6.45) is 1.02. The highest BCUT2D eigenvalue weighted by Gasteiger charge is 2.31. The Labute approximate surface area is 171 Å². The van der Waals surface area contributed by atoms with Crippen molar-refractivity contribution in [3.8, 4) is 11.5 Å². The maximum absolute atomic E-state index is 12.7. The third-order valence-corrected chi connectivity index (χ3v) is 6.83. The Hall–Kier alpha value is -2.58. The van der Waals surface area contributed by atoms with Gasteiger partial charge in [0.05, 0.1) is 18.6 Å². The normalized spacial score (nSPS) is 15.6. The molecule has 3 rings (SSSR count). The molecule has 8 heteroatoms. The molecule has 0 saturated carbocycles. The van der Waals surface area contributed by atoms with Crippen LogP contribution in [0, 0.1) is 5.92 Å². The number of carbonyl (C=O) groups excluding carboxylic acids is 1. The van der Waals surface area contributed by atoms with Crippen molar-refractivity contribution in [3.05, 3.63) is 54.6 Å². The molecule has 2 aromatic carbocycles. The zero-order valence-electron chi connectivity index (χ0n) is 16.4. The van der Waals surface area contributed by atoms with E-state index in [9.17, 15) is 13.2 Å². The van der Waals surface area contributed by atoms with E-state index in [0.29, 0.717) is 50.6 Å². The van der Waals surface area contributed by atoms with E-state index in [1.807, 2.05) is 18.2 Å². The van der Waals surface area contributed by atoms with Gasteiger partial charge in [-0.05, 0) is 37.1 Å². The number of hydrogen-bond donors (Lipinski definition) is 1. The van der Waals surface area contributed by atoms with E-state index in [1.165, 1.54) is 4.31 Å². The second-order valence-corrected chi connectivity index (χ2v) is 8.75. The van der Waals surface area contributed by atoms with Crippen LogP contribution in [0.4, 0.5) is 0 Å². The first-order valence-corrected chi connectivity index (χ1v) is 11.0. The summed E-state index contributed by atoms with van der Waals surface area (Å²) in [7, 11) is -1.90. The molecule has 156 valence electrons. The van der Waals surface area contributed by atoms with Gasteiger partial charge in [0.25, 0.3) is 0 Å². The lowest BCUT2D eigenvalue weighted by Crippen LogP contribution is -2.43. The number of hydrogen-bond acceptors (Lipinski definition) is 5. The minimum absolute atomic E-state index is 0.0593. The monoisotopic (exact) mass is 418 g/mol. The molecule has 0 radical (unpaired) electrons. The van der Waals surface area contributed by atoms with E-state index >= 15 is 0 Å². The van der Waals surface area contributed by atoms with Gasteiger partial charge < -0.3 is 14.8 Å². The molecule has 1 N–H and O–H groups in total. The molecule has 0 bridgehead atoms. The number of methoxy groups -OCH3 is 1. The van der Waals surface area contributed by atoms with Crippen LogP contribution in [0.3, 0.4) is 0 Å². The van der Waals surface area contributed by atoms with Crippen LogP contribution in [-0.2, 0) is 14.8 Å². The SMILES string of the molecule is COc1cccc(OCCNC(=O)C2CCN(S(=O)(=O)c3ccccc3)CC2)c1. The maximum Gasteiger partial charge on any atom is 0.243 e. The third kappa shape index (κ3) is 5.48. The molecule has 0 aliphatic carbocycles. The minimum atomic E-state index is -3.50. The summed E-state index contributed by atoms with van der Waals surface area (Å²) in [5.74, 6) is 1.15. The van der Waals surface area contributed by atoms with Gasteiger partial charge in [-0.1, -0.05) is 24.3 Å². The zero-order valence-corrected chi connectivity index (χ0v) is 17.2. The van der Waals surface area contributed by atoms with E-state index in [4.69, 9.17) is 9.47 Å². The lowest BCUT2D eigenvalue weighted by atomic mass is 9.97. The van der Waals surface area contributed by atoms with Gasteiger partial charge >= 0.3 is 0 Å². The summed E-state index contributed by atoms with van der Waals surface area (Å²) in [6.45, 7) is 1.42. The number of nitrogens with zero attached hydrogens (tertiary/aromatic N) is 1. The van der Waals surface area contributed by atoms with Crippen LogP contribution in [0.5, 0.6) is 11.5 Å². The zero-order chi connectivity index (χ0) is 20.7. The smallest absolute Gasteiger partial charge is 0.243 e. The van der Waals surface area contributed by atoms with E-state index in [0.717, 1.165) is 0 Å². The molecular formula is C21H26N2O5S. The van der Waals surface area contributed by atoms with Gasteiger partial charge in [0.2, 0.25) is 15.9 Å². The highest BCUT2D eigenvalue weighted by molar-refractivity contribution is 7.89. The van der Waals surface area contributed by atoms with Gasteiger partial charge in [0, 0.05) is 25.1 Å². The fourth-order valence-electron chi connectivity index (χ4n) is 3.28. The topological polar surface area (TPSA) is 84.9 Å². The Balaban J connectivity index is 1.42. The Morgan fingerprint density at radius 3 is 2.45 bits per heavy atom. The molecule has 2 aromatic rings. The second kappa shape index (κ2) is 9.76. The fraction of sp³-hybridized carbons (Fsp3) is 0.381. The van der Waals surface area contributed by atoms with Crippen molar-refractivity contribution in [2.75, 3.05) is 33.4 Å². The molecule has 0 atom stereocenters. The largest absolute Gasteiger partial charge is 0.497 e. The average molecular weight is 419 g/mol. The van der Waals surface area contributed by atoms with Crippen LogP contribution in [0.2, 0.25) is 0 Å². The lowest BCUT2D eigenvalue weighted by Gasteiger charge is -2.30. The van der Waals surface area contributed by atoms with Crippen LogP contribution < -0.4 is 14.8 Å². The Bertz CT molecular complexity index is 910. The molecular weight excluding hydrogens is 392 g/mol. The Kier molecular flexibility index (Phi) is 7.11. The first-order valence-electron chi connectivity index (χ1n) is 9.60. The van der Waals surface area contributed by atoms with Crippen molar-refractivity contribution in [1.29, 1.82) is 0 Å². The van der Waals surface area contributed by atoms with E-state index in [2.05, 4.69) is 5.32 Å². The van der Waals surface area contributed by atoms with Crippen LogP contribution in [-0.4, -0.2) is 52.0 Å². The number of benzene rings is 2. The number of amides is 1. The van der Waals surface area contributed by atoms with E-state index in [1.54, 1.807) is 43.5 Å². The quantitative estimate of drug-likeness (QED) is 0.665. The van der Waals surface area contributed by atoms with Crippen molar-refractivity contribution in [3.63, 3.8) is 0 Å². The van der Waals surface area contributed by atoms with Gasteiger partial charge in [-0.2, -0.15) is 4.31 Å². The molecule has 1 heterocycles. The maximum atomic E-state index is 12.7. The number of carbonyl (C=O) groups is 1. The Morgan fingerprint density at radius 2 is 1.76 bits per heavy atom. The van der Waals surface area contributed by atoms with Gasteiger partial charge in [-0.25, -0.2) is 8.42 Å². The van der Waals surface area contributed by atoms with Gasteiger partial charge in [-0.3, -0.25) is 4.79 Å². The third-order valence-electron chi connectivity index (χ3n) is 4.92. The van der Waals surface area contributed by atoms with E-state index in [-0.39, 0.29) is 16.7 Å². The van der Waals surface area contributed by atoms with Crippen molar-refractivity contribution < 1.29 is 22.7 Å². The standard InChI is InChI=1S/C21H26N2O5S/c1-27-18-6-5-7-19(16-18)28-15-12-22-21(24)17-10-13-23(14-11-17)29(25,26)20-8-3-2-4-9-20/h2-9,16-17H,10-15H2,1H3,(H,22,24). The fourth-order valence-corrected chi connectivity index (χ4v) is 4.77. The predicted octanol–water partition coefficient (Wildman–Crippen LogP) is 2.29. The van der Waals surface area contributed by atoms with Gasteiger partial charge in [0.1, 0.15) is 18.1 Å². The van der Waals surface area contributed by atoms with Gasteiger partial charge in [0.15, 0.2) is 0 Å². The molecule has 1 aliphatic rings. The van der Waals surface area contributed by atoms with Crippen LogP contribution >= 0.6 is 0 Å². The molecule has 1 aliphatic heterocycles. The summed E-state index contributed by atoms with van der Waals surface area (Å²) >= 11 is 0. The number of rotatable bonds is 8. The summed E-state index contributed by atoms with van der Waals surface area (Å²) in [5, 5.41) is 2.87. The first-order chi connectivity index (χ1) is 14.0. The molecule has 0 aromatic heterocycles. The summed E-state index contributed by atoms with van der Waals surface area (Å²) in [6, 6.07) is 15.7. The molecule has 0 spiro atoms. The van der Waals surface area contributed by atoms with Crippen LogP contribution in [0.25, 0.3) is 0 Å². The first kappa shape index (κ1) is 21.1. The number of nitrogens with one attached hydrogen (secondary N) is 1. The van der Waals surface area contributed by atoms with Crippen LogP contribution in [0.1, 0.15) is 12.8 Å². The summed E-state index contributed by atoms with van der Waals surface area (Å²) < 4.78 is 37.5. The van der Waals surface area contributed by atoms with Crippen molar-refractivity contribution >= 4 is 15.9 Å². The van der Waals surface area contributed by atoms with Crippen LogP contribution in [0.15, 0.2) is 59.5 Å². The Morgan fingerprint density at radius 1 is 1.07 bits per heavy atom. The second-order valence-electron chi connectivity index (χ2n) is 6.81. The van der Waals surface area contributed by atoms with E-state index < -0.39 is 10.0 Å². The molecule has 1 saturated heterocycles. The van der Waals surface area contributed by atoms with Crippen molar-refractivity contribution in [2.24, 2.45) is 5.92 Å². The van der Waals surface area contributed by atoms with Crippen molar-refractivity contribution in [2.45, 2.75) is 17.7 Å². The molecule has 29 heavy (non-hydrogen) atoms.